The Morgan fingerprint density at radius 1 is 1.17 bits per heavy atom. The molecule has 0 unspecified atom stereocenters. The lowest BCUT2D eigenvalue weighted by atomic mass is 10.0. The van der Waals surface area contributed by atoms with E-state index in [1.54, 1.807) is 12.1 Å². The maximum atomic E-state index is 12.6. The Kier molecular flexibility index (Phi) is 7.91. The first-order valence-corrected chi connectivity index (χ1v) is 9.27. The van der Waals surface area contributed by atoms with Crippen LogP contribution in [-0.4, -0.2) is 55.4 Å². The first-order chi connectivity index (χ1) is 13.7. The molecule has 2 aromatic rings. The predicted molar refractivity (Wildman–Crippen MR) is 111 cm³/mol. The van der Waals surface area contributed by atoms with E-state index < -0.39 is 18.0 Å². The van der Waals surface area contributed by atoms with Crippen molar-refractivity contribution in [1.29, 1.82) is 0 Å². The number of carbonyl (C=O) groups is 1. The maximum absolute atomic E-state index is 12.6. The van der Waals surface area contributed by atoms with E-state index in [1.807, 2.05) is 13.1 Å². The van der Waals surface area contributed by atoms with Crippen molar-refractivity contribution in [3.63, 3.8) is 0 Å². The summed E-state index contributed by atoms with van der Waals surface area (Å²) in [7, 11) is 4.04. The molecule has 1 saturated heterocycles. The summed E-state index contributed by atoms with van der Waals surface area (Å²) >= 11 is 0. The number of anilines is 2. The third-order valence-electron chi connectivity index (χ3n) is 4.93. The summed E-state index contributed by atoms with van der Waals surface area (Å²) in [5, 5.41) is 2.56. The molecule has 0 radical (unpaired) electrons. The van der Waals surface area contributed by atoms with Crippen LogP contribution in [0.4, 0.5) is 24.8 Å². The summed E-state index contributed by atoms with van der Waals surface area (Å²) < 4.78 is 41.7. The van der Waals surface area contributed by atoms with E-state index >= 15 is 0 Å². The van der Waals surface area contributed by atoms with Gasteiger partial charge in [0, 0.05) is 13.1 Å². The number of piperidine rings is 1. The van der Waals surface area contributed by atoms with Crippen LogP contribution in [0.1, 0.15) is 23.2 Å². The van der Waals surface area contributed by atoms with Gasteiger partial charge in [-0.1, -0.05) is 18.2 Å². The van der Waals surface area contributed by atoms with Gasteiger partial charge < -0.3 is 19.9 Å². The molecule has 10 heteroatoms. The van der Waals surface area contributed by atoms with Crippen LogP contribution in [-0.2, 0) is 0 Å². The Bertz CT molecular complexity index is 858. The number of likely N-dealkylation sites (tertiary alicyclic amines) is 1. The van der Waals surface area contributed by atoms with Crippen LogP contribution < -0.4 is 15.0 Å². The van der Waals surface area contributed by atoms with Gasteiger partial charge >= 0.3 is 6.36 Å². The lowest BCUT2D eigenvalue weighted by Gasteiger charge is -2.35. The molecule has 0 bridgehead atoms. The fourth-order valence-corrected chi connectivity index (χ4v) is 3.31. The van der Waals surface area contributed by atoms with Gasteiger partial charge in [-0.15, -0.1) is 25.6 Å². The van der Waals surface area contributed by atoms with Crippen molar-refractivity contribution in [2.75, 3.05) is 37.4 Å². The zero-order chi connectivity index (χ0) is 21.0. The van der Waals surface area contributed by atoms with Crippen LogP contribution in [0.5, 0.6) is 5.75 Å². The summed E-state index contributed by atoms with van der Waals surface area (Å²) in [5.74, 6) is -0.334. The molecule has 164 valence electrons. The SMILES string of the molecule is CN1CCC(N(C)c2cccc(NC(=O)c3ccccc3OC(F)(F)F)n2)CC1.Cl. The first-order valence-electron chi connectivity index (χ1n) is 9.27. The Labute approximate surface area is 179 Å². The van der Waals surface area contributed by atoms with E-state index in [0.29, 0.717) is 11.9 Å². The number of para-hydroxylation sites is 1. The number of nitrogens with one attached hydrogen (secondary N) is 1. The minimum Gasteiger partial charge on any atom is -0.405 e. The second kappa shape index (κ2) is 9.99. The maximum Gasteiger partial charge on any atom is 0.573 e. The van der Waals surface area contributed by atoms with Crippen LogP contribution in [0.15, 0.2) is 42.5 Å². The molecule has 6 nitrogen and oxygen atoms in total. The number of amides is 1. The van der Waals surface area contributed by atoms with Gasteiger partial charge in [0.2, 0.25) is 0 Å². The van der Waals surface area contributed by atoms with Gasteiger partial charge in [-0.05, 0) is 57.2 Å². The van der Waals surface area contributed by atoms with E-state index in [0.717, 1.165) is 32.0 Å². The van der Waals surface area contributed by atoms with Gasteiger partial charge in [-0.2, -0.15) is 0 Å². The van der Waals surface area contributed by atoms with Crippen LogP contribution in [0.3, 0.4) is 0 Å². The molecule has 1 aliphatic heterocycles. The molecule has 0 saturated carbocycles. The minimum absolute atomic E-state index is 0. The summed E-state index contributed by atoms with van der Waals surface area (Å²) in [6, 6.07) is 10.7. The lowest BCUT2D eigenvalue weighted by Crippen LogP contribution is -2.42. The van der Waals surface area contributed by atoms with Crippen LogP contribution >= 0.6 is 12.4 Å². The predicted octanol–water partition coefficient (Wildman–Crippen LogP) is 4.18. The highest BCUT2D eigenvalue weighted by Crippen LogP contribution is 2.27. The van der Waals surface area contributed by atoms with Gasteiger partial charge in [0.05, 0.1) is 5.56 Å². The molecule has 0 atom stereocenters. The summed E-state index contributed by atoms with van der Waals surface area (Å²) in [5.41, 5.74) is -0.222. The summed E-state index contributed by atoms with van der Waals surface area (Å²) in [6.07, 6.45) is -2.87. The number of hydrogen-bond donors (Lipinski definition) is 1. The third kappa shape index (κ3) is 6.24. The Balaban J connectivity index is 0.00000320. The molecule has 1 aliphatic rings. The third-order valence-corrected chi connectivity index (χ3v) is 4.93. The fraction of sp³-hybridized carbons (Fsp3) is 0.400. The number of halogens is 4. The summed E-state index contributed by atoms with van der Waals surface area (Å²) in [6.45, 7) is 2.00. The average Bonchev–Trinajstić information content (AvgIpc) is 2.67. The number of rotatable bonds is 5. The number of carbonyl (C=O) groups excluding carboxylic acids is 1. The van der Waals surface area contributed by atoms with Crippen molar-refractivity contribution in [3.8, 4) is 5.75 Å². The largest absolute Gasteiger partial charge is 0.573 e. The van der Waals surface area contributed by atoms with Gasteiger partial charge in [0.15, 0.2) is 0 Å². The van der Waals surface area contributed by atoms with Crippen molar-refractivity contribution >= 4 is 29.9 Å². The quantitative estimate of drug-likeness (QED) is 0.749. The number of nitrogens with zero attached hydrogens (tertiary/aromatic N) is 3. The molecule has 1 amide bonds. The monoisotopic (exact) mass is 444 g/mol. The number of pyridine rings is 1. The highest BCUT2D eigenvalue weighted by Gasteiger charge is 2.33. The van der Waals surface area contributed by atoms with E-state index in [9.17, 15) is 18.0 Å². The lowest BCUT2D eigenvalue weighted by molar-refractivity contribution is -0.274. The normalized spacial score (nSPS) is 15.2. The molecule has 2 heterocycles. The van der Waals surface area contributed by atoms with E-state index in [1.165, 1.54) is 18.2 Å². The minimum atomic E-state index is -4.88. The highest BCUT2D eigenvalue weighted by atomic mass is 35.5. The van der Waals surface area contributed by atoms with Gasteiger partial charge in [-0.3, -0.25) is 4.79 Å². The smallest absolute Gasteiger partial charge is 0.405 e. The molecule has 1 fully saturated rings. The Morgan fingerprint density at radius 3 is 2.50 bits per heavy atom. The van der Waals surface area contributed by atoms with Gasteiger partial charge in [0.1, 0.15) is 17.4 Å². The van der Waals surface area contributed by atoms with Crippen molar-refractivity contribution in [1.82, 2.24) is 9.88 Å². The van der Waals surface area contributed by atoms with Crippen LogP contribution in [0, 0.1) is 0 Å². The molecule has 30 heavy (non-hydrogen) atoms. The first kappa shape index (κ1) is 23.8. The van der Waals surface area contributed by atoms with Crippen molar-refractivity contribution in [2.24, 2.45) is 0 Å². The molecule has 0 aliphatic carbocycles. The van der Waals surface area contributed by atoms with Crippen molar-refractivity contribution < 1.29 is 22.7 Å². The molecule has 1 aromatic heterocycles. The number of alkyl halides is 3. The number of benzene rings is 1. The molecular formula is C20H24ClF3N4O2. The Morgan fingerprint density at radius 2 is 1.83 bits per heavy atom. The zero-order valence-electron chi connectivity index (χ0n) is 16.6. The number of hydrogen-bond acceptors (Lipinski definition) is 5. The number of aromatic nitrogens is 1. The van der Waals surface area contributed by atoms with E-state index in [2.05, 4.69) is 31.9 Å². The standard InChI is InChI=1S/C20H23F3N4O2.ClH/c1-26-12-10-14(11-13-26)27(2)18-9-5-8-17(24-18)25-19(28)15-6-3-4-7-16(15)29-20(21,22)23;/h3-9,14H,10-13H2,1-2H3,(H,24,25,28);1H. The van der Waals surface area contributed by atoms with Gasteiger partial charge in [-0.25, -0.2) is 4.98 Å². The summed E-state index contributed by atoms with van der Waals surface area (Å²) in [4.78, 5) is 21.3. The van der Waals surface area contributed by atoms with Crippen molar-refractivity contribution in [2.45, 2.75) is 25.2 Å². The second-order valence-electron chi connectivity index (χ2n) is 7.02. The zero-order valence-corrected chi connectivity index (χ0v) is 17.5. The molecule has 1 N–H and O–H groups in total. The highest BCUT2D eigenvalue weighted by molar-refractivity contribution is 6.05. The van der Waals surface area contributed by atoms with Crippen LogP contribution in [0.2, 0.25) is 0 Å². The van der Waals surface area contributed by atoms with Crippen molar-refractivity contribution in [3.05, 3.63) is 48.0 Å². The average molecular weight is 445 g/mol. The van der Waals surface area contributed by atoms with Crippen LogP contribution in [0.25, 0.3) is 0 Å². The fourth-order valence-electron chi connectivity index (χ4n) is 3.31. The second-order valence-corrected chi connectivity index (χ2v) is 7.02. The topological polar surface area (TPSA) is 57.7 Å². The van der Waals surface area contributed by atoms with Gasteiger partial charge in [0.25, 0.3) is 5.91 Å². The van der Waals surface area contributed by atoms with E-state index in [4.69, 9.17) is 0 Å². The number of ether oxygens (including phenoxy) is 1. The Hall–Kier alpha value is -2.52. The molecular weight excluding hydrogens is 421 g/mol. The molecule has 1 aromatic carbocycles. The van der Waals surface area contributed by atoms with E-state index in [-0.39, 0.29) is 23.8 Å². The molecule has 0 spiro atoms. The molecule has 3 rings (SSSR count).